The van der Waals surface area contributed by atoms with Gasteiger partial charge in [0, 0.05) is 6.54 Å². The molecule has 0 radical (unpaired) electrons. The first-order valence-electron chi connectivity index (χ1n) is 6.84. The second kappa shape index (κ2) is 5.62. The summed E-state index contributed by atoms with van der Waals surface area (Å²) in [5.74, 6) is -1.57. The Hall–Kier alpha value is -2.05. The maximum absolute atomic E-state index is 12.7. The van der Waals surface area contributed by atoms with Gasteiger partial charge < -0.3 is 10.0 Å². The van der Waals surface area contributed by atoms with Crippen molar-refractivity contribution in [3.63, 3.8) is 0 Å². The van der Waals surface area contributed by atoms with E-state index in [1.807, 2.05) is 0 Å². The molecule has 1 aliphatic rings. The average molecular weight is 315 g/mol. The number of carbonyl (C=O) groups is 2. The van der Waals surface area contributed by atoms with Crippen molar-refractivity contribution in [3.05, 3.63) is 35.4 Å². The second-order valence-electron chi connectivity index (χ2n) is 5.60. The Morgan fingerprint density at radius 2 is 2.05 bits per heavy atom. The zero-order chi connectivity index (χ0) is 16.5. The lowest BCUT2D eigenvalue weighted by atomic mass is 9.98. The third kappa shape index (κ3) is 3.08. The van der Waals surface area contributed by atoms with E-state index in [1.54, 1.807) is 0 Å². The topological polar surface area (TPSA) is 57.6 Å². The average Bonchev–Trinajstić information content (AvgIpc) is 2.81. The number of rotatable bonds is 3. The van der Waals surface area contributed by atoms with Crippen molar-refractivity contribution in [2.45, 2.75) is 37.9 Å². The lowest BCUT2D eigenvalue weighted by Gasteiger charge is -2.31. The van der Waals surface area contributed by atoms with Gasteiger partial charge in [0.2, 0.25) is 5.91 Å². The molecular formula is C15H16F3NO3. The van der Waals surface area contributed by atoms with E-state index >= 15 is 0 Å². The summed E-state index contributed by atoms with van der Waals surface area (Å²) in [6.07, 6.45) is -3.80. The Bertz CT molecular complexity index is 600. The molecule has 1 aromatic rings. The number of hydrogen-bond acceptors (Lipinski definition) is 2. The lowest BCUT2D eigenvalue weighted by Crippen LogP contribution is -2.51. The molecule has 1 saturated heterocycles. The van der Waals surface area contributed by atoms with Gasteiger partial charge >= 0.3 is 12.1 Å². The summed E-state index contributed by atoms with van der Waals surface area (Å²) >= 11 is 0. The Labute approximate surface area is 125 Å². The number of nitrogens with zero attached hydrogens (tertiary/aromatic N) is 1. The van der Waals surface area contributed by atoms with Crippen molar-refractivity contribution in [2.75, 3.05) is 6.54 Å². The lowest BCUT2D eigenvalue weighted by molar-refractivity contribution is -0.155. The number of carboxylic acids is 1. The van der Waals surface area contributed by atoms with Crippen LogP contribution in [0.4, 0.5) is 13.2 Å². The molecular weight excluding hydrogens is 299 g/mol. The molecule has 1 aromatic carbocycles. The molecule has 1 atom stereocenters. The van der Waals surface area contributed by atoms with Crippen LogP contribution >= 0.6 is 0 Å². The monoisotopic (exact) mass is 315 g/mol. The van der Waals surface area contributed by atoms with Crippen molar-refractivity contribution in [2.24, 2.45) is 0 Å². The fourth-order valence-electron chi connectivity index (χ4n) is 2.71. The van der Waals surface area contributed by atoms with E-state index in [4.69, 9.17) is 0 Å². The number of alkyl halides is 3. The van der Waals surface area contributed by atoms with Crippen LogP contribution in [0, 0.1) is 0 Å². The molecule has 1 amide bonds. The van der Waals surface area contributed by atoms with Crippen LogP contribution in [0.2, 0.25) is 0 Å². The molecule has 1 fully saturated rings. The number of likely N-dealkylation sites (tertiary alicyclic amines) is 1. The maximum Gasteiger partial charge on any atom is 0.416 e. The molecule has 0 saturated carbocycles. The van der Waals surface area contributed by atoms with E-state index in [0.29, 0.717) is 19.4 Å². The predicted molar refractivity (Wildman–Crippen MR) is 72.1 cm³/mol. The standard InChI is InChI=1S/C15H16F3NO3/c1-14(13(21)22)6-3-7-19(14)12(20)9-10-4-2-5-11(8-10)15(16,17)18/h2,4-5,8H,3,6-7,9H2,1H3,(H,21,22). The third-order valence-electron chi connectivity index (χ3n) is 4.01. The molecule has 7 heteroatoms. The van der Waals surface area contributed by atoms with Crippen LogP contribution in [-0.4, -0.2) is 34.0 Å². The molecule has 22 heavy (non-hydrogen) atoms. The van der Waals surface area contributed by atoms with E-state index in [-0.39, 0.29) is 12.0 Å². The largest absolute Gasteiger partial charge is 0.480 e. The summed E-state index contributed by atoms with van der Waals surface area (Å²) in [4.78, 5) is 24.9. The molecule has 2 rings (SSSR count). The van der Waals surface area contributed by atoms with Crippen molar-refractivity contribution in [3.8, 4) is 0 Å². The predicted octanol–water partition coefficient (Wildman–Crippen LogP) is 2.71. The van der Waals surface area contributed by atoms with Gasteiger partial charge in [-0.15, -0.1) is 0 Å². The minimum atomic E-state index is -4.47. The Kier molecular flexibility index (Phi) is 4.17. The van der Waals surface area contributed by atoms with E-state index in [2.05, 4.69) is 0 Å². The minimum absolute atomic E-state index is 0.222. The Balaban J connectivity index is 2.18. The highest BCUT2D eigenvalue weighted by Crippen LogP contribution is 2.31. The van der Waals surface area contributed by atoms with Gasteiger partial charge in [0.15, 0.2) is 0 Å². The highest BCUT2D eigenvalue weighted by atomic mass is 19.4. The number of benzene rings is 1. The van der Waals surface area contributed by atoms with Crippen LogP contribution in [0.1, 0.15) is 30.9 Å². The first kappa shape index (κ1) is 16.3. The zero-order valence-electron chi connectivity index (χ0n) is 12.0. The quantitative estimate of drug-likeness (QED) is 0.933. The summed E-state index contributed by atoms with van der Waals surface area (Å²) in [5.41, 5.74) is -1.88. The van der Waals surface area contributed by atoms with Crippen molar-refractivity contribution in [1.29, 1.82) is 0 Å². The summed E-state index contributed by atoms with van der Waals surface area (Å²) in [7, 11) is 0. The molecule has 0 aliphatic carbocycles. The molecule has 0 aromatic heterocycles. The summed E-state index contributed by atoms with van der Waals surface area (Å²) in [6.45, 7) is 1.77. The summed E-state index contributed by atoms with van der Waals surface area (Å²) in [6, 6.07) is 4.53. The van der Waals surface area contributed by atoms with Gasteiger partial charge in [-0.2, -0.15) is 13.2 Å². The molecule has 4 nitrogen and oxygen atoms in total. The number of carbonyl (C=O) groups excluding carboxylic acids is 1. The molecule has 1 heterocycles. The van der Waals surface area contributed by atoms with Crippen molar-refractivity contribution < 1.29 is 27.9 Å². The maximum atomic E-state index is 12.7. The van der Waals surface area contributed by atoms with Gasteiger partial charge in [-0.1, -0.05) is 18.2 Å². The Morgan fingerprint density at radius 1 is 1.36 bits per heavy atom. The number of amides is 1. The molecule has 1 unspecified atom stereocenters. The van der Waals surface area contributed by atoms with Gasteiger partial charge in [-0.3, -0.25) is 4.79 Å². The van der Waals surface area contributed by atoms with E-state index in [0.717, 1.165) is 12.1 Å². The van der Waals surface area contributed by atoms with Crippen LogP contribution in [0.15, 0.2) is 24.3 Å². The number of carboxylic acid groups (broad SMARTS) is 1. The van der Waals surface area contributed by atoms with Crippen LogP contribution in [-0.2, 0) is 22.2 Å². The van der Waals surface area contributed by atoms with Crippen molar-refractivity contribution in [1.82, 2.24) is 4.90 Å². The number of aliphatic carboxylic acids is 1. The fraction of sp³-hybridized carbons (Fsp3) is 0.467. The highest BCUT2D eigenvalue weighted by Gasteiger charge is 2.45. The second-order valence-corrected chi connectivity index (χ2v) is 5.60. The van der Waals surface area contributed by atoms with E-state index < -0.39 is 29.2 Å². The van der Waals surface area contributed by atoms with Crippen molar-refractivity contribution >= 4 is 11.9 Å². The smallest absolute Gasteiger partial charge is 0.416 e. The summed E-state index contributed by atoms with van der Waals surface area (Å²) in [5, 5.41) is 9.27. The molecule has 1 N–H and O–H groups in total. The van der Waals surface area contributed by atoms with Gasteiger partial charge in [-0.05, 0) is 31.4 Å². The first-order valence-corrected chi connectivity index (χ1v) is 6.84. The van der Waals surface area contributed by atoms with Gasteiger partial charge in [0.25, 0.3) is 0 Å². The molecule has 1 aliphatic heterocycles. The SMILES string of the molecule is CC1(C(=O)O)CCCN1C(=O)Cc1cccc(C(F)(F)F)c1. The van der Waals surface area contributed by atoms with Gasteiger partial charge in [0.1, 0.15) is 5.54 Å². The fourth-order valence-corrected chi connectivity index (χ4v) is 2.71. The van der Waals surface area contributed by atoms with Crippen LogP contribution in [0.3, 0.4) is 0 Å². The molecule has 0 bridgehead atoms. The third-order valence-corrected chi connectivity index (χ3v) is 4.01. The van der Waals surface area contributed by atoms with Crippen LogP contribution in [0.5, 0.6) is 0 Å². The van der Waals surface area contributed by atoms with E-state index in [9.17, 15) is 27.9 Å². The number of halogens is 3. The van der Waals surface area contributed by atoms with E-state index in [1.165, 1.54) is 24.0 Å². The normalized spacial score (nSPS) is 21.9. The Morgan fingerprint density at radius 3 is 2.64 bits per heavy atom. The molecule has 0 spiro atoms. The summed E-state index contributed by atoms with van der Waals surface area (Å²) < 4.78 is 38.0. The van der Waals surface area contributed by atoms with Crippen LogP contribution in [0.25, 0.3) is 0 Å². The first-order chi connectivity index (χ1) is 10.1. The zero-order valence-corrected chi connectivity index (χ0v) is 12.0. The number of hydrogen-bond donors (Lipinski definition) is 1. The molecule has 120 valence electrons. The van der Waals surface area contributed by atoms with Crippen LogP contribution < -0.4 is 0 Å². The van der Waals surface area contributed by atoms with Gasteiger partial charge in [0.05, 0.1) is 12.0 Å². The highest BCUT2D eigenvalue weighted by molar-refractivity contribution is 5.88. The minimum Gasteiger partial charge on any atom is -0.480 e. The van der Waals surface area contributed by atoms with Gasteiger partial charge in [-0.25, -0.2) is 4.79 Å².